The number of hydrogen-bond donors (Lipinski definition) is 1. The number of nitrogens with two attached hydrogens (primary N) is 1. The summed E-state index contributed by atoms with van der Waals surface area (Å²) in [6.07, 6.45) is 1.81. The average molecular weight is 439 g/mol. The number of pyridine rings is 1. The Morgan fingerprint density at radius 3 is 2.70 bits per heavy atom. The van der Waals surface area contributed by atoms with E-state index in [1.807, 2.05) is 30.5 Å². The lowest BCUT2D eigenvalue weighted by Crippen LogP contribution is -2.13. The maximum absolute atomic E-state index is 6.48. The molecule has 100 valence electrons. The number of benzene rings is 2. The second-order valence-corrected chi connectivity index (χ2v) is 6.67. The van der Waals surface area contributed by atoms with E-state index in [1.54, 1.807) is 0 Å². The minimum absolute atomic E-state index is 0.197. The summed E-state index contributed by atoms with van der Waals surface area (Å²) in [5.41, 5.74) is 9.57. The Hall–Kier alpha value is -0.980. The van der Waals surface area contributed by atoms with Crippen LogP contribution in [0.4, 0.5) is 0 Å². The van der Waals surface area contributed by atoms with Crippen LogP contribution in [-0.2, 0) is 0 Å². The lowest BCUT2D eigenvalue weighted by molar-refractivity contribution is 0.870. The molecule has 0 saturated carbocycles. The molecule has 4 heteroatoms. The van der Waals surface area contributed by atoms with E-state index in [0.29, 0.717) is 0 Å². The number of hydrogen-bond acceptors (Lipinski definition) is 2. The zero-order valence-electron chi connectivity index (χ0n) is 10.6. The number of rotatable bonds is 2. The largest absolute Gasteiger partial charge is 0.320 e. The second kappa shape index (κ2) is 5.79. The van der Waals surface area contributed by atoms with Crippen LogP contribution in [0.2, 0.25) is 0 Å². The van der Waals surface area contributed by atoms with Crippen LogP contribution in [0.15, 0.2) is 59.2 Å². The Balaban J connectivity index is 2.17. The summed E-state index contributed by atoms with van der Waals surface area (Å²) in [6, 6.07) is 16.1. The average Bonchev–Trinajstić information content (AvgIpc) is 2.48. The van der Waals surface area contributed by atoms with Gasteiger partial charge >= 0.3 is 0 Å². The summed E-state index contributed by atoms with van der Waals surface area (Å²) in [6.45, 7) is 0. The van der Waals surface area contributed by atoms with Crippen LogP contribution >= 0.6 is 38.5 Å². The molecule has 1 aromatic heterocycles. The van der Waals surface area contributed by atoms with Crippen molar-refractivity contribution in [3.8, 4) is 0 Å². The summed E-state index contributed by atoms with van der Waals surface area (Å²) >= 11 is 5.89. The monoisotopic (exact) mass is 438 g/mol. The van der Waals surface area contributed by atoms with Crippen LogP contribution in [0.5, 0.6) is 0 Å². The number of halogens is 2. The van der Waals surface area contributed by atoms with Gasteiger partial charge in [-0.25, -0.2) is 0 Å². The highest BCUT2D eigenvalue weighted by molar-refractivity contribution is 14.1. The molecule has 2 nitrogen and oxygen atoms in total. The molecular formula is C16H12BrIN2. The predicted octanol–water partition coefficient (Wildman–Crippen LogP) is 4.65. The molecule has 1 atom stereocenters. The molecule has 0 amide bonds. The van der Waals surface area contributed by atoms with Gasteiger partial charge in [0.1, 0.15) is 0 Å². The molecule has 3 rings (SSSR count). The Morgan fingerprint density at radius 2 is 1.85 bits per heavy atom. The number of aromatic nitrogens is 1. The molecule has 1 unspecified atom stereocenters. The van der Waals surface area contributed by atoms with Crippen molar-refractivity contribution in [2.24, 2.45) is 5.73 Å². The summed E-state index contributed by atoms with van der Waals surface area (Å²) < 4.78 is 2.20. The summed E-state index contributed by atoms with van der Waals surface area (Å²) in [7, 11) is 0. The predicted molar refractivity (Wildman–Crippen MR) is 94.6 cm³/mol. The zero-order chi connectivity index (χ0) is 14.1. The van der Waals surface area contributed by atoms with Crippen molar-refractivity contribution in [3.05, 3.63) is 73.9 Å². The van der Waals surface area contributed by atoms with Crippen molar-refractivity contribution in [3.63, 3.8) is 0 Å². The van der Waals surface area contributed by atoms with Crippen LogP contribution in [0.3, 0.4) is 0 Å². The molecule has 2 aromatic carbocycles. The van der Waals surface area contributed by atoms with Crippen molar-refractivity contribution in [1.82, 2.24) is 4.98 Å². The number of para-hydroxylation sites is 1. The number of fused-ring (bicyclic) bond motifs is 1. The molecule has 0 aliphatic carbocycles. The smallest absolute Gasteiger partial charge is 0.0753 e. The van der Waals surface area contributed by atoms with Crippen LogP contribution in [0, 0.1) is 3.57 Å². The van der Waals surface area contributed by atoms with E-state index < -0.39 is 0 Å². The van der Waals surface area contributed by atoms with E-state index >= 15 is 0 Å². The molecule has 20 heavy (non-hydrogen) atoms. The Morgan fingerprint density at radius 1 is 1.05 bits per heavy atom. The van der Waals surface area contributed by atoms with E-state index in [-0.39, 0.29) is 6.04 Å². The van der Waals surface area contributed by atoms with E-state index in [0.717, 1.165) is 26.5 Å². The first kappa shape index (κ1) is 14.0. The Kier molecular flexibility index (Phi) is 4.05. The van der Waals surface area contributed by atoms with Crippen molar-refractivity contribution >= 4 is 49.4 Å². The van der Waals surface area contributed by atoms with Crippen molar-refractivity contribution in [2.45, 2.75) is 6.04 Å². The maximum atomic E-state index is 6.48. The highest BCUT2D eigenvalue weighted by atomic mass is 127. The minimum Gasteiger partial charge on any atom is -0.320 e. The van der Waals surface area contributed by atoms with Crippen molar-refractivity contribution in [1.29, 1.82) is 0 Å². The Labute approximate surface area is 139 Å². The van der Waals surface area contributed by atoms with Gasteiger partial charge in [-0.2, -0.15) is 0 Å². The van der Waals surface area contributed by atoms with Gasteiger partial charge in [0.05, 0.1) is 11.6 Å². The molecule has 0 bridgehead atoms. The first-order chi connectivity index (χ1) is 9.66. The second-order valence-electron chi connectivity index (χ2n) is 4.57. The molecule has 0 aliphatic rings. The van der Waals surface area contributed by atoms with Gasteiger partial charge in [-0.3, -0.25) is 4.98 Å². The molecule has 3 aromatic rings. The summed E-state index contributed by atoms with van der Waals surface area (Å²) in [4.78, 5) is 4.48. The van der Waals surface area contributed by atoms with Crippen molar-refractivity contribution in [2.75, 3.05) is 0 Å². The van der Waals surface area contributed by atoms with Crippen molar-refractivity contribution < 1.29 is 0 Å². The van der Waals surface area contributed by atoms with Crippen LogP contribution < -0.4 is 5.73 Å². The summed E-state index contributed by atoms with van der Waals surface area (Å²) in [5.74, 6) is 0. The molecular weight excluding hydrogens is 427 g/mol. The quantitative estimate of drug-likeness (QED) is 0.591. The third-order valence-electron chi connectivity index (χ3n) is 3.29. The van der Waals surface area contributed by atoms with Gasteiger partial charge in [0.15, 0.2) is 0 Å². The molecule has 1 heterocycles. The third-order valence-corrected chi connectivity index (χ3v) is 4.69. The Bertz CT molecular complexity index is 768. The van der Waals surface area contributed by atoms with Gasteiger partial charge in [0, 0.05) is 19.6 Å². The molecule has 0 aliphatic heterocycles. The van der Waals surface area contributed by atoms with Gasteiger partial charge in [-0.15, -0.1) is 0 Å². The molecule has 0 fully saturated rings. The van der Waals surface area contributed by atoms with Gasteiger partial charge in [-0.05, 0) is 58.0 Å². The normalized spacial score (nSPS) is 12.6. The van der Waals surface area contributed by atoms with Gasteiger partial charge < -0.3 is 5.73 Å². The van der Waals surface area contributed by atoms with Crippen LogP contribution in [0.25, 0.3) is 10.9 Å². The number of nitrogens with zero attached hydrogens (tertiary/aromatic N) is 1. The fraction of sp³-hybridized carbons (Fsp3) is 0.0625. The molecule has 2 N–H and O–H groups in total. The van der Waals surface area contributed by atoms with Gasteiger partial charge in [0.25, 0.3) is 0 Å². The van der Waals surface area contributed by atoms with Gasteiger partial charge in [0.2, 0.25) is 0 Å². The van der Waals surface area contributed by atoms with E-state index in [4.69, 9.17) is 5.73 Å². The molecule has 0 saturated heterocycles. The lowest BCUT2D eigenvalue weighted by Gasteiger charge is -2.16. The maximum Gasteiger partial charge on any atom is 0.0753 e. The molecule has 0 radical (unpaired) electrons. The standard InChI is InChI=1S/C16H12BrIN2/c17-14-7-6-11(18)9-13(14)15(19)12-5-1-3-10-4-2-8-20-16(10)12/h1-9,15H,19H2. The first-order valence-electron chi connectivity index (χ1n) is 6.21. The van der Waals surface area contributed by atoms with E-state index in [1.165, 1.54) is 3.57 Å². The zero-order valence-corrected chi connectivity index (χ0v) is 14.3. The lowest BCUT2D eigenvalue weighted by atomic mass is 9.97. The van der Waals surface area contributed by atoms with Crippen LogP contribution in [-0.4, -0.2) is 4.98 Å². The first-order valence-corrected chi connectivity index (χ1v) is 8.08. The van der Waals surface area contributed by atoms with Crippen LogP contribution in [0.1, 0.15) is 17.2 Å². The topological polar surface area (TPSA) is 38.9 Å². The molecule has 0 spiro atoms. The minimum atomic E-state index is -0.197. The fourth-order valence-electron chi connectivity index (χ4n) is 2.30. The highest BCUT2D eigenvalue weighted by Gasteiger charge is 2.15. The van der Waals surface area contributed by atoms with E-state index in [9.17, 15) is 0 Å². The fourth-order valence-corrected chi connectivity index (χ4v) is 3.31. The highest BCUT2D eigenvalue weighted by Crippen LogP contribution is 2.31. The van der Waals surface area contributed by atoms with E-state index in [2.05, 4.69) is 67.8 Å². The third kappa shape index (κ3) is 2.60. The SMILES string of the molecule is NC(c1cc(I)ccc1Br)c1cccc2cccnc12. The summed E-state index contributed by atoms with van der Waals surface area (Å²) in [5, 5.41) is 1.11. The van der Waals surface area contributed by atoms with Gasteiger partial charge in [-0.1, -0.05) is 40.2 Å².